The second-order valence-electron chi connectivity index (χ2n) is 9.84. The molecule has 1 aromatic carbocycles. The summed E-state index contributed by atoms with van der Waals surface area (Å²) in [5.41, 5.74) is 17.2. The number of amides is 4. The van der Waals surface area contributed by atoms with Crippen molar-refractivity contribution in [1.29, 1.82) is 0 Å². The van der Waals surface area contributed by atoms with E-state index in [1.165, 1.54) is 6.92 Å². The Hall–Kier alpha value is -4.24. The third kappa shape index (κ3) is 12.7. The van der Waals surface area contributed by atoms with Crippen LogP contribution >= 0.6 is 0 Å². The van der Waals surface area contributed by atoms with Crippen LogP contribution in [-0.4, -0.2) is 89.1 Å². The van der Waals surface area contributed by atoms with Crippen LogP contribution in [0.1, 0.15) is 39.2 Å². The Labute approximate surface area is 238 Å². The summed E-state index contributed by atoms with van der Waals surface area (Å²) in [4.78, 5) is 66.8. The van der Waals surface area contributed by atoms with Crippen LogP contribution in [0.25, 0.3) is 0 Å². The highest BCUT2D eigenvalue weighted by atomic mass is 16.4. The van der Waals surface area contributed by atoms with E-state index in [1.54, 1.807) is 44.2 Å². The van der Waals surface area contributed by atoms with Gasteiger partial charge in [0.25, 0.3) is 0 Å². The summed E-state index contributed by atoms with van der Waals surface area (Å²) < 4.78 is 0. The summed E-state index contributed by atoms with van der Waals surface area (Å²) in [7, 11) is 0. The standard InChI is InChI=1S/C26H42N8O7/c1-14(2)20(27)24(39)31-15(3)21(36)33-18(12-16-8-5-4-6-9-16)23(38)32-17(10-7-11-30-26(28)29)22(37)34-19(13-35)25(40)41/h4-6,8-9,14-15,17-20,35H,7,10-13,27H2,1-3H3,(H,31,39)(H,32,38)(H,33,36)(H,34,37)(H,40,41)(H4,28,29,30)/t15-,17-,18-,19-,20-/m0/s1. The van der Waals surface area contributed by atoms with Crippen molar-refractivity contribution < 1.29 is 34.2 Å². The molecular formula is C26H42N8O7. The van der Waals surface area contributed by atoms with E-state index in [9.17, 15) is 34.2 Å². The molecule has 12 N–H and O–H groups in total. The molecule has 0 aromatic heterocycles. The lowest BCUT2D eigenvalue weighted by Gasteiger charge is -2.26. The van der Waals surface area contributed by atoms with Crippen molar-refractivity contribution in [3.8, 4) is 0 Å². The lowest BCUT2D eigenvalue weighted by molar-refractivity contribution is -0.143. The Balaban J connectivity index is 3.14. The number of carboxylic acid groups (broad SMARTS) is 1. The first kappa shape index (κ1) is 34.8. The maximum atomic E-state index is 13.4. The number of aliphatic carboxylic acids is 1. The minimum Gasteiger partial charge on any atom is -0.480 e. The smallest absolute Gasteiger partial charge is 0.328 e. The van der Waals surface area contributed by atoms with Crippen molar-refractivity contribution in [3.05, 3.63) is 35.9 Å². The number of hydrogen-bond acceptors (Lipinski definition) is 8. The van der Waals surface area contributed by atoms with Gasteiger partial charge in [0.1, 0.15) is 24.2 Å². The molecule has 0 aliphatic carbocycles. The third-order valence-corrected chi connectivity index (χ3v) is 6.06. The van der Waals surface area contributed by atoms with Crippen molar-refractivity contribution in [2.24, 2.45) is 28.1 Å². The SMILES string of the molecule is CC(C)[C@H](N)C(=O)N[C@@H](C)C(=O)N[C@@H](Cc1ccccc1)C(=O)N[C@@H](CCCN=C(N)N)C(=O)N[C@@H](CO)C(=O)O. The van der Waals surface area contributed by atoms with E-state index in [0.29, 0.717) is 5.56 Å². The van der Waals surface area contributed by atoms with E-state index in [1.807, 2.05) is 0 Å². The predicted octanol–water partition coefficient (Wildman–Crippen LogP) is -2.70. The number of rotatable bonds is 17. The molecule has 4 amide bonds. The van der Waals surface area contributed by atoms with Gasteiger partial charge >= 0.3 is 5.97 Å². The number of carboxylic acids is 1. The average Bonchev–Trinajstić information content (AvgIpc) is 2.92. The highest BCUT2D eigenvalue weighted by Crippen LogP contribution is 2.07. The van der Waals surface area contributed by atoms with Gasteiger partial charge in [0.05, 0.1) is 12.6 Å². The third-order valence-electron chi connectivity index (χ3n) is 6.06. The summed E-state index contributed by atoms with van der Waals surface area (Å²) in [6, 6.07) is 2.90. The second-order valence-corrected chi connectivity index (χ2v) is 9.84. The molecule has 15 nitrogen and oxygen atoms in total. The highest BCUT2D eigenvalue weighted by molar-refractivity contribution is 5.95. The Kier molecular flexibility index (Phi) is 14.8. The molecule has 0 radical (unpaired) electrons. The molecular weight excluding hydrogens is 536 g/mol. The number of nitrogens with zero attached hydrogens (tertiary/aromatic N) is 1. The number of aliphatic hydroxyl groups is 1. The van der Waals surface area contributed by atoms with E-state index < -0.39 is 66.4 Å². The van der Waals surface area contributed by atoms with E-state index in [0.717, 1.165) is 0 Å². The monoisotopic (exact) mass is 578 g/mol. The minimum atomic E-state index is -1.60. The normalized spacial score (nSPS) is 14.5. The zero-order valence-corrected chi connectivity index (χ0v) is 23.5. The first-order valence-electron chi connectivity index (χ1n) is 13.2. The highest BCUT2D eigenvalue weighted by Gasteiger charge is 2.31. The molecule has 0 unspecified atom stereocenters. The van der Waals surface area contributed by atoms with Crippen molar-refractivity contribution in [1.82, 2.24) is 21.3 Å². The Morgan fingerprint density at radius 1 is 0.829 bits per heavy atom. The molecule has 0 saturated heterocycles. The van der Waals surface area contributed by atoms with Gasteiger partial charge in [-0.2, -0.15) is 0 Å². The van der Waals surface area contributed by atoms with Gasteiger partial charge in [-0.25, -0.2) is 4.79 Å². The number of hydrogen-bond donors (Lipinski definition) is 9. The van der Waals surface area contributed by atoms with Crippen molar-refractivity contribution >= 4 is 35.6 Å². The zero-order valence-electron chi connectivity index (χ0n) is 23.5. The molecule has 0 heterocycles. The van der Waals surface area contributed by atoms with Crippen LogP contribution in [-0.2, 0) is 30.4 Å². The van der Waals surface area contributed by atoms with E-state index in [-0.39, 0.29) is 37.7 Å². The van der Waals surface area contributed by atoms with Gasteiger partial charge in [-0.1, -0.05) is 44.2 Å². The summed E-state index contributed by atoms with van der Waals surface area (Å²) in [5.74, 6) is -4.58. The molecule has 1 aromatic rings. The van der Waals surface area contributed by atoms with Crippen molar-refractivity contribution in [3.63, 3.8) is 0 Å². The molecule has 15 heteroatoms. The molecule has 0 spiro atoms. The van der Waals surface area contributed by atoms with Crippen LogP contribution in [0, 0.1) is 5.92 Å². The van der Waals surface area contributed by atoms with Crippen LogP contribution < -0.4 is 38.5 Å². The fourth-order valence-electron chi connectivity index (χ4n) is 3.54. The van der Waals surface area contributed by atoms with Crippen molar-refractivity contribution in [2.75, 3.05) is 13.2 Å². The van der Waals surface area contributed by atoms with Gasteiger partial charge in [0, 0.05) is 13.0 Å². The molecule has 0 bridgehead atoms. The van der Waals surface area contributed by atoms with Gasteiger partial charge in [-0.3, -0.25) is 24.2 Å². The van der Waals surface area contributed by atoms with Gasteiger partial charge < -0.3 is 48.7 Å². The molecule has 41 heavy (non-hydrogen) atoms. The zero-order chi connectivity index (χ0) is 31.1. The number of nitrogens with two attached hydrogens (primary N) is 3. The van der Waals surface area contributed by atoms with Crippen LogP contribution in [0.3, 0.4) is 0 Å². The Morgan fingerprint density at radius 2 is 1.39 bits per heavy atom. The van der Waals surface area contributed by atoms with Crippen LogP contribution in [0.5, 0.6) is 0 Å². The van der Waals surface area contributed by atoms with Gasteiger partial charge in [-0.15, -0.1) is 0 Å². The molecule has 0 fully saturated rings. The first-order chi connectivity index (χ1) is 19.3. The van der Waals surface area contributed by atoms with E-state index in [4.69, 9.17) is 17.2 Å². The lowest BCUT2D eigenvalue weighted by atomic mass is 10.0. The predicted molar refractivity (Wildman–Crippen MR) is 151 cm³/mol. The molecule has 0 saturated carbocycles. The number of carbonyl (C=O) groups excluding carboxylic acids is 4. The molecule has 228 valence electrons. The molecule has 0 aliphatic rings. The quantitative estimate of drug-likeness (QED) is 0.0524. The van der Waals surface area contributed by atoms with Crippen LogP contribution in [0.15, 0.2) is 35.3 Å². The van der Waals surface area contributed by atoms with E-state index in [2.05, 4.69) is 26.3 Å². The summed E-state index contributed by atoms with van der Waals surface area (Å²) >= 11 is 0. The summed E-state index contributed by atoms with van der Waals surface area (Å²) in [6.45, 7) is 4.23. The maximum Gasteiger partial charge on any atom is 0.328 e. The fourth-order valence-corrected chi connectivity index (χ4v) is 3.54. The number of guanidine groups is 1. The number of nitrogens with one attached hydrogen (secondary N) is 4. The summed E-state index contributed by atoms with van der Waals surface area (Å²) in [5, 5.41) is 28.4. The molecule has 1 rings (SSSR count). The van der Waals surface area contributed by atoms with Gasteiger partial charge in [0.15, 0.2) is 5.96 Å². The maximum absolute atomic E-state index is 13.4. The van der Waals surface area contributed by atoms with Crippen molar-refractivity contribution in [2.45, 2.75) is 70.2 Å². The average molecular weight is 579 g/mol. The van der Waals surface area contributed by atoms with E-state index >= 15 is 0 Å². The van der Waals surface area contributed by atoms with Crippen LogP contribution in [0.2, 0.25) is 0 Å². The first-order valence-corrected chi connectivity index (χ1v) is 13.2. The van der Waals surface area contributed by atoms with Crippen LogP contribution in [0.4, 0.5) is 0 Å². The Morgan fingerprint density at radius 3 is 1.93 bits per heavy atom. The summed E-state index contributed by atoms with van der Waals surface area (Å²) in [6.07, 6.45) is 0.293. The number of aliphatic imine (C=N–C) groups is 1. The number of carbonyl (C=O) groups is 5. The van der Waals surface area contributed by atoms with Gasteiger partial charge in [-0.05, 0) is 31.2 Å². The minimum absolute atomic E-state index is 0.0116. The fraction of sp³-hybridized carbons (Fsp3) is 0.538. The largest absolute Gasteiger partial charge is 0.480 e. The van der Waals surface area contributed by atoms with Gasteiger partial charge in [0.2, 0.25) is 23.6 Å². The second kappa shape index (κ2) is 17.5. The number of aliphatic hydroxyl groups excluding tert-OH is 1. The molecule has 5 atom stereocenters. The topological polar surface area (TPSA) is 264 Å². The Bertz CT molecular complexity index is 1060. The number of benzene rings is 1. The lowest BCUT2D eigenvalue weighted by Crippen LogP contribution is -2.59. The molecule has 0 aliphatic heterocycles.